The number of rotatable bonds is 50. The van der Waals surface area contributed by atoms with Crippen LogP contribution in [0.2, 0.25) is 0 Å². The van der Waals surface area contributed by atoms with Gasteiger partial charge in [-0.2, -0.15) is 0 Å². The van der Waals surface area contributed by atoms with Gasteiger partial charge in [-0.05, 0) is 107 Å². The summed E-state index contributed by atoms with van der Waals surface area (Å²) in [7, 11) is -9.02. The molecule has 0 bridgehead atoms. The Morgan fingerprint density at radius 3 is 0.654 bits per heavy atom. The van der Waals surface area contributed by atoms with Crippen LogP contribution in [0.4, 0.5) is 0 Å². The summed E-state index contributed by atoms with van der Waals surface area (Å²) in [5.74, 6) is 0. The van der Waals surface area contributed by atoms with Gasteiger partial charge in [-0.25, -0.2) is 16.8 Å². The van der Waals surface area contributed by atoms with Gasteiger partial charge in [0.2, 0.25) is 0 Å². The fourth-order valence-corrected chi connectivity index (χ4v) is 13.4. The maximum atomic E-state index is 12.1. The van der Waals surface area contributed by atoms with Crippen molar-refractivity contribution in [2.75, 3.05) is 0 Å². The Hall–Kier alpha value is -1.21. The van der Waals surface area contributed by atoms with Crippen molar-refractivity contribution in [1.29, 1.82) is 0 Å². The third-order valence-electron chi connectivity index (χ3n) is 16.9. The second kappa shape index (κ2) is 48.9. The molecule has 9 heteroatoms. The molecule has 0 N–H and O–H groups in total. The van der Waals surface area contributed by atoms with Crippen LogP contribution in [0.3, 0.4) is 0 Å². The quantitative estimate of drug-likeness (QED) is 0.0247. The van der Waals surface area contributed by atoms with Gasteiger partial charge in [-0.15, -0.1) is 0 Å². The van der Waals surface area contributed by atoms with Gasteiger partial charge in [-0.3, -0.25) is 0 Å². The third-order valence-corrected chi connectivity index (χ3v) is 18.6. The summed E-state index contributed by atoms with van der Waals surface area (Å²) < 4.78 is 72.4. The number of benzene rings is 4. The van der Waals surface area contributed by atoms with Gasteiger partial charge >= 0.3 is 48.9 Å². The SMILES string of the molecule is CCCCCCCCCCCCCc1ccc2c(S(=O)(=O)[O-])cc(CCCCCCCCCCCCC)cc2c1.CCCCCCCCCCCCCc1ccc2c(S(=O)(=O)[O-])cc(CCCCCCCCCCCCC)cc2c1.[Ba+2]. The zero-order chi connectivity index (χ0) is 57.8. The van der Waals surface area contributed by atoms with Crippen molar-refractivity contribution < 1.29 is 25.9 Å². The van der Waals surface area contributed by atoms with E-state index >= 15 is 0 Å². The van der Waals surface area contributed by atoms with Crippen LogP contribution >= 0.6 is 0 Å². The predicted molar refractivity (Wildman–Crippen MR) is 350 cm³/mol. The Kier molecular flexibility index (Phi) is 45.8. The number of aryl methyl sites for hydroxylation is 4. The first-order chi connectivity index (χ1) is 38.9. The fourth-order valence-electron chi connectivity index (χ4n) is 11.9. The molecule has 0 heterocycles. The number of unbranched alkanes of at least 4 members (excludes halogenated alkanes) is 40. The molecule has 0 radical (unpaired) electrons. The monoisotopic (exact) mass is 1280 g/mol. The summed E-state index contributed by atoms with van der Waals surface area (Å²) in [6.07, 6.45) is 61.3. The van der Waals surface area contributed by atoms with Crippen molar-refractivity contribution in [3.63, 3.8) is 0 Å². The van der Waals surface area contributed by atoms with Gasteiger partial charge in [0.05, 0.1) is 9.79 Å². The van der Waals surface area contributed by atoms with Gasteiger partial charge in [0.1, 0.15) is 20.2 Å². The van der Waals surface area contributed by atoms with Crippen LogP contribution in [0.15, 0.2) is 70.5 Å². The molecule has 0 aromatic heterocycles. The van der Waals surface area contributed by atoms with E-state index < -0.39 is 20.2 Å². The van der Waals surface area contributed by atoms with Crippen molar-refractivity contribution >= 4 is 90.7 Å². The number of hydrogen-bond acceptors (Lipinski definition) is 6. The van der Waals surface area contributed by atoms with Crippen molar-refractivity contribution in [3.05, 3.63) is 82.9 Å². The van der Waals surface area contributed by atoms with Crippen molar-refractivity contribution in [1.82, 2.24) is 0 Å². The van der Waals surface area contributed by atoms with E-state index in [0.717, 1.165) is 86.1 Å². The molecule has 0 aliphatic heterocycles. The molecule has 0 amide bonds. The summed E-state index contributed by atoms with van der Waals surface area (Å²) >= 11 is 0. The zero-order valence-electron chi connectivity index (χ0n) is 52.7. The van der Waals surface area contributed by atoms with Crippen LogP contribution < -0.4 is 0 Å². The summed E-state index contributed by atoms with van der Waals surface area (Å²) in [5, 5.41) is 2.94. The molecule has 456 valence electrons. The first-order valence-electron chi connectivity index (χ1n) is 33.9. The minimum atomic E-state index is -4.51. The van der Waals surface area contributed by atoms with E-state index in [1.54, 1.807) is 12.1 Å². The van der Waals surface area contributed by atoms with Crippen LogP contribution in [0.1, 0.15) is 332 Å². The Balaban J connectivity index is 0.000000547. The van der Waals surface area contributed by atoms with E-state index in [4.69, 9.17) is 0 Å². The predicted octanol–water partition coefficient (Wildman–Crippen LogP) is 22.5. The summed E-state index contributed by atoms with van der Waals surface area (Å²) in [6.45, 7) is 9.06. The van der Waals surface area contributed by atoms with Gasteiger partial charge in [0.15, 0.2) is 0 Å². The maximum absolute atomic E-state index is 12.1. The average molecular weight is 1280 g/mol. The third kappa shape index (κ3) is 36.5. The average Bonchev–Trinajstić information content (AvgIpc) is 3.46. The van der Waals surface area contributed by atoms with Gasteiger partial charge in [0.25, 0.3) is 0 Å². The smallest absolute Gasteiger partial charge is 0.744 e. The van der Waals surface area contributed by atoms with Crippen LogP contribution in [-0.2, 0) is 45.9 Å². The van der Waals surface area contributed by atoms with E-state index in [1.807, 2.05) is 24.3 Å². The Morgan fingerprint density at radius 2 is 0.444 bits per heavy atom. The summed E-state index contributed by atoms with van der Waals surface area (Å²) in [5.41, 5.74) is 4.43. The zero-order valence-corrected chi connectivity index (χ0v) is 58.8. The van der Waals surface area contributed by atoms with E-state index in [-0.39, 0.29) is 58.7 Å². The molecule has 0 unspecified atom stereocenters. The molecule has 4 rings (SSSR count). The van der Waals surface area contributed by atoms with Gasteiger partial charge in [-0.1, -0.05) is 333 Å². The standard InChI is InChI=1S/2C36H60O3S.Ba/c2*1-3-5-7-9-11-13-15-17-19-21-23-25-32-27-28-35-34(29-32)30-33(31-36(35)40(37,38)39)26-24-22-20-18-16-14-12-10-8-6-4-2;/h2*27-31H,3-26H2,1-2H3,(H,37,38,39);/q;;+2/p-2. The molecule has 4 aromatic rings. The second-order valence-corrected chi connectivity index (χ2v) is 27.0. The summed E-state index contributed by atoms with van der Waals surface area (Å²) in [4.78, 5) is -0.103. The van der Waals surface area contributed by atoms with Crippen molar-refractivity contribution in [2.45, 2.75) is 346 Å². The molecule has 0 atom stereocenters. The molecule has 0 fully saturated rings. The van der Waals surface area contributed by atoms with E-state index in [2.05, 4.69) is 52.0 Å². The first kappa shape index (κ1) is 75.9. The maximum Gasteiger partial charge on any atom is 2.00 e. The minimum Gasteiger partial charge on any atom is -0.744 e. The molecular weight excluding hydrogens is 1160 g/mol. The molecule has 0 saturated heterocycles. The van der Waals surface area contributed by atoms with Crippen molar-refractivity contribution in [2.24, 2.45) is 0 Å². The van der Waals surface area contributed by atoms with Crippen LogP contribution in [0.5, 0.6) is 0 Å². The molecule has 0 saturated carbocycles. The first-order valence-corrected chi connectivity index (χ1v) is 36.8. The van der Waals surface area contributed by atoms with Gasteiger partial charge in [0, 0.05) is 0 Å². The Labute approximate surface area is 540 Å². The molecule has 81 heavy (non-hydrogen) atoms. The fraction of sp³-hybridized carbons (Fsp3) is 0.722. The van der Waals surface area contributed by atoms with Crippen LogP contribution in [0, 0.1) is 0 Å². The second-order valence-electron chi connectivity index (χ2n) is 24.3. The Morgan fingerprint density at radius 1 is 0.259 bits per heavy atom. The van der Waals surface area contributed by atoms with Gasteiger partial charge < -0.3 is 9.11 Å². The minimum absolute atomic E-state index is 0. The normalized spacial score (nSPS) is 11.8. The number of fused-ring (bicyclic) bond motifs is 2. The summed E-state index contributed by atoms with van der Waals surface area (Å²) in [6, 6.07) is 19.4. The topological polar surface area (TPSA) is 114 Å². The molecule has 0 aliphatic carbocycles. The Bertz CT molecular complexity index is 2220. The van der Waals surface area contributed by atoms with Crippen LogP contribution in [0.25, 0.3) is 21.5 Å². The number of hydrogen-bond donors (Lipinski definition) is 0. The molecule has 6 nitrogen and oxygen atoms in total. The molecule has 4 aromatic carbocycles. The van der Waals surface area contributed by atoms with E-state index in [9.17, 15) is 25.9 Å². The van der Waals surface area contributed by atoms with E-state index in [1.165, 1.54) is 255 Å². The van der Waals surface area contributed by atoms with Crippen LogP contribution in [-0.4, -0.2) is 74.8 Å². The van der Waals surface area contributed by atoms with E-state index in [0.29, 0.717) is 10.8 Å². The van der Waals surface area contributed by atoms with Crippen molar-refractivity contribution in [3.8, 4) is 0 Å². The molecule has 0 spiro atoms. The largest absolute Gasteiger partial charge is 2.00 e. The molecule has 0 aliphatic rings. The molecular formula is C72H118BaO6S2.